The van der Waals surface area contributed by atoms with E-state index in [1.807, 2.05) is 6.07 Å². The van der Waals surface area contributed by atoms with Gasteiger partial charge in [0.05, 0.1) is 6.21 Å². The molecule has 4 nitrogen and oxygen atoms in total. The van der Waals surface area contributed by atoms with Crippen LogP contribution in [0.3, 0.4) is 0 Å². The third kappa shape index (κ3) is 2.74. The molecule has 1 aliphatic rings. The van der Waals surface area contributed by atoms with Crippen LogP contribution in [-0.4, -0.2) is 17.1 Å². The highest BCUT2D eigenvalue weighted by molar-refractivity contribution is 5.94. The van der Waals surface area contributed by atoms with Crippen LogP contribution >= 0.6 is 0 Å². The van der Waals surface area contributed by atoms with Crippen molar-refractivity contribution < 1.29 is 4.79 Å². The Hall–Kier alpha value is -2.49. The molecule has 1 amide bonds. The van der Waals surface area contributed by atoms with E-state index in [2.05, 4.69) is 27.6 Å². The average Bonchev–Trinajstić information content (AvgIpc) is 2.95. The van der Waals surface area contributed by atoms with Gasteiger partial charge in [-0.05, 0) is 54.2 Å². The lowest BCUT2D eigenvalue weighted by atomic mass is 10.1. The molecule has 0 aliphatic heterocycles. The highest BCUT2D eigenvalue weighted by Gasteiger charge is 2.10. The van der Waals surface area contributed by atoms with Crippen LogP contribution < -0.4 is 5.43 Å². The quantitative estimate of drug-likeness (QED) is 0.684. The SMILES string of the molecule is O=C(NN=Cc1ccc2c(c1)CCC2)c1ccncc1. The van der Waals surface area contributed by atoms with Gasteiger partial charge < -0.3 is 0 Å². The summed E-state index contributed by atoms with van der Waals surface area (Å²) in [4.78, 5) is 15.6. The molecular formula is C16H15N3O. The van der Waals surface area contributed by atoms with E-state index in [-0.39, 0.29) is 5.91 Å². The highest BCUT2D eigenvalue weighted by atomic mass is 16.2. The van der Waals surface area contributed by atoms with Crippen LogP contribution in [0.2, 0.25) is 0 Å². The highest BCUT2D eigenvalue weighted by Crippen LogP contribution is 2.22. The maximum atomic E-state index is 11.8. The average molecular weight is 265 g/mol. The molecule has 0 saturated heterocycles. The number of hydrogen-bond acceptors (Lipinski definition) is 3. The zero-order valence-electron chi connectivity index (χ0n) is 11.0. The Balaban J connectivity index is 1.65. The third-order valence-electron chi connectivity index (χ3n) is 3.44. The number of fused-ring (bicyclic) bond motifs is 1. The van der Waals surface area contributed by atoms with Crippen LogP contribution in [0.4, 0.5) is 0 Å². The van der Waals surface area contributed by atoms with Crippen molar-refractivity contribution in [1.29, 1.82) is 0 Å². The zero-order valence-corrected chi connectivity index (χ0v) is 11.0. The largest absolute Gasteiger partial charge is 0.271 e. The van der Waals surface area contributed by atoms with Crippen LogP contribution in [0.1, 0.15) is 33.5 Å². The molecule has 1 heterocycles. The number of hydrazone groups is 1. The first kappa shape index (κ1) is 12.5. The summed E-state index contributed by atoms with van der Waals surface area (Å²) in [5.41, 5.74) is 6.91. The predicted octanol–water partition coefficient (Wildman–Crippen LogP) is 2.33. The summed E-state index contributed by atoms with van der Waals surface area (Å²) in [5.74, 6) is -0.232. The number of carbonyl (C=O) groups is 1. The number of nitrogens with one attached hydrogen (secondary N) is 1. The standard InChI is InChI=1S/C16H15N3O/c20-16(14-6-8-17-9-7-14)19-18-11-12-4-5-13-2-1-3-15(13)10-12/h4-11H,1-3H2,(H,19,20). The molecule has 2 aromatic rings. The lowest BCUT2D eigenvalue weighted by Crippen LogP contribution is -2.17. The van der Waals surface area contributed by atoms with E-state index in [0.29, 0.717) is 5.56 Å². The number of benzene rings is 1. The molecule has 1 aromatic heterocycles. The Kier molecular flexibility index (Phi) is 3.54. The predicted molar refractivity (Wildman–Crippen MR) is 77.8 cm³/mol. The van der Waals surface area contributed by atoms with Crippen molar-refractivity contribution in [2.75, 3.05) is 0 Å². The second-order valence-electron chi connectivity index (χ2n) is 4.82. The van der Waals surface area contributed by atoms with E-state index in [0.717, 1.165) is 12.0 Å². The van der Waals surface area contributed by atoms with Gasteiger partial charge in [0.25, 0.3) is 5.91 Å². The minimum absolute atomic E-state index is 0.232. The van der Waals surface area contributed by atoms with Gasteiger partial charge in [-0.25, -0.2) is 5.43 Å². The Morgan fingerprint density at radius 2 is 1.95 bits per heavy atom. The topological polar surface area (TPSA) is 54.4 Å². The van der Waals surface area contributed by atoms with Crippen LogP contribution in [0.25, 0.3) is 0 Å². The summed E-state index contributed by atoms with van der Waals surface area (Å²) in [6.45, 7) is 0. The second-order valence-corrected chi connectivity index (χ2v) is 4.82. The fourth-order valence-electron chi connectivity index (χ4n) is 2.41. The van der Waals surface area contributed by atoms with E-state index in [1.54, 1.807) is 30.7 Å². The molecule has 0 atom stereocenters. The van der Waals surface area contributed by atoms with Gasteiger partial charge in [-0.3, -0.25) is 9.78 Å². The fraction of sp³-hybridized carbons (Fsp3) is 0.188. The van der Waals surface area contributed by atoms with Crippen LogP contribution in [0, 0.1) is 0 Å². The normalized spacial score (nSPS) is 13.4. The van der Waals surface area contributed by atoms with Crippen molar-refractivity contribution in [3.05, 3.63) is 65.0 Å². The molecule has 20 heavy (non-hydrogen) atoms. The Labute approximate surface area is 117 Å². The second kappa shape index (κ2) is 5.65. The van der Waals surface area contributed by atoms with Gasteiger partial charge in [-0.2, -0.15) is 5.10 Å². The van der Waals surface area contributed by atoms with E-state index < -0.39 is 0 Å². The summed E-state index contributed by atoms with van der Waals surface area (Å²) >= 11 is 0. The lowest BCUT2D eigenvalue weighted by molar-refractivity contribution is 0.0955. The minimum atomic E-state index is -0.232. The molecule has 1 aromatic carbocycles. The monoisotopic (exact) mass is 265 g/mol. The number of rotatable bonds is 3. The maximum Gasteiger partial charge on any atom is 0.271 e. The van der Waals surface area contributed by atoms with Crippen molar-refractivity contribution in [2.24, 2.45) is 5.10 Å². The van der Waals surface area contributed by atoms with E-state index in [4.69, 9.17) is 0 Å². The molecule has 1 aliphatic carbocycles. The first-order valence-electron chi connectivity index (χ1n) is 6.68. The van der Waals surface area contributed by atoms with E-state index in [9.17, 15) is 4.79 Å². The maximum absolute atomic E-state index is 11.8. The van der Waals surface area contributed by atoms with Gasteiger partial charge in [-0.1, -0.05) is 12.1 Å². The molecule has 100 valence electrons. The van der Waals surface area contributed by atoms with Crippen LogP contribution in [0.5, 0.6) is 0 Å². The first-order valence-corrected chi connectivity index (χ1v) is 6.68. The van der Waals surface area contributed by atoms with Crippen molar-refractivity contribution >= 4 is 12.1 Å². The van der Waals surface area contributed by atoms with Gasteiger partial charge in [0.15, 0.2) is 0 Å². The molecule has 0 saturated carbocycles. The number of nitrogens with zero attached hydrogens (tertiary/aromatic N) is 2. The van der Waals surface area contributed by atoms with Crippen molar-refractivity contribution in [3.8, 4) is 0 Å². The molecule has 4 heteroatoms. The third-order valence-corrected chi connectivity index (χ3v) is 3.44. The van der Waals surface area contributed by atoms with Crippen molar-refractivity contribution in [3.63, 3.8) is 0 Å². The summed E-state index contributed by atoms with van der Waals surface area (Å²) in [7, 11) is 0. The molecule has 1 N–H and O–H groups in total. The number of aromatic nitrogens is 1. The minimum Gasteiger partial charge on any atom is -0.267 e. The van der Waals surface area contributed by atoms with Crippen molar-refractivity contribution in [1.82, 2.24) is 10.4 Å². The van der Waals surface area contributed by atoms with Gasteiger partial charge >= 0.3 is 0 Å². The first-order chi connectivity index (χ1) is 9.83. The Morgan fingerprint density at radius 3 is 2.80 bits per heavy atom. The van der Waals surface area contributed by atoms with E-state index in [1.165, 1.54) is 24.0 Å². The molecule has 0 radical (unpaired) electrons. The Bertz CT molecular complexity index is 650. The summed E-state index contributed by atoms with van der Waals surface area (Å²) in [6.07, 6.45) is 8.39. The summed E-state index contributed by atoms with van der Waals surface area (Å²) < 4.78 is 0. The number of hydrogen-bond donors (Lipinski definition) is 1. The molecular weight excluding hydrogens is 250 g/mol. The zero-order chi connectivity index (χ0) is 13.8. The van der Waals surface area contributed by atoms with Crippen LogP contribution in [-0.2, 0) is 12.8 Å². The molecule has 3 rings (SSSR count). The lowest BCUT2D eigenvalue weighted by Gasteiger charge is -2.01. The molecule has 0 unspecified atom stereocenters. The summed E-state index contributed by atoms with van der Waals surface area (Å²) in [5, 5.41) is 4.00. The van der Waals surface area contributed by atoms with Crippen LogP contribution in [0.15, 0.2) is 47.8 Å². The fourth-order valence-corrected chi connectivity index (χ4v) is 2.41. The number of aryl methyl sites for hydroxylation is 2. The smallest absolute Gasteiger partial charge is 0.267 e. The summed E-state index contributed by atoms with van der Waals surface area (Å²) in [6, 6.07) is 9.63. The molecule has 0 spiro atoms. The van der Waals surface area contributed by atoms with Gasteiger partial charge in [0.2, 0.25) is 0 Å². The Morgan fingerprint density at radius 1 is 1.15 bits per heavy atom. The van der Waals surface area contributed by atoms with Gasteiger partial charge in [-0.15, -0.1) is 0 Å². The van der Waals surface area contributed by atoms with Gasteiger partial charge in [0, 0.05) is 18.0 Å². The van der Waals surface area contributed by atoms with Gasteiger partial charge in [0.1, 0.15) is 0 Å². The molecule has 0 fully saturated rings. The number of pyridine rings is 1. The molecule has 0 bridgehead atoms. The number of amides is 1. The van der Waals surface area contributed by atoms with Crippen molar-refractivity contribution in [2.45, 2.75) is 19.3 Å². The van der Waals surface area contributed by atoms with E-state index >= 15 is 0 Å². The number of carbonyl (C=O) groups excluding carboxylic acids is 1.